The van der Waals surface area contributed by atoms with Crippen molar-refractivity contribution < 1.29 is 14.1 Å². The number of amides is 2. The van der Waals surface area contributed by atoms with Crippen molar-refractivity contribution in [1.82, 2.24) is 35.4 Å². The fourth-order valence-electron chi connectivity index (χ4n) is 3.21. The lowest BCUT2D eigenvalue weighted by molar-refractivity contribution is -0.129. The number of thiophene rings is 1. The zero-order valence-electron chi connectivity index (χ0n) is 15.9. The molecule has 0 bridgehead atoms. The molecule has 0 aliphatic carbocycles. The SMILES string of the molecule is Cc1noc(-c2cn(CCNC(=O)[C@@H]3CC(=O)N(CCc4cccs4)C3)nn2)n1. The highest BCUT2D eigenvalue weighted by molar-refractivity contribution is 7.09. The van der Waals surface area contributed by atoms with Crippen molar-refractivity contribution in [3.8, 4) is 11.6 Å². The van der Waals surface area contributed by atoms with Gasteiger partial charge in [-0.2, -0.15) is 4.98 Å². The molecular formula is C18H21N7O3S. The van der Waals surface area contributed by atoms with Gasteiger partial charge in [-0.25, -0.2) is 4.68 Å². The van der Waals surface area contributed by atoms with Gasteiger partial charge in [0, 0.05) is 30.9 Å². The monoisotopic (exact) mass is 415 g/mol. The number of likely N-dealkylation sites (tertiary alicyclic amines) is 1. The molecule has 10 nitrogen and oxygen atoms in total. The number of nitrogens with zero attached hydrogens (tertiary/aromatic N) is 6. The van der Waals surface area contributed by atoms with Gasteiger partial charge in [-0.3, -0.25) is 9.59 Å². The average Bonchev–Trinajstić information content (AvgIpc) is 3.48. The quantitative estimate of drug-likeness (QED) is 0.581. The summed E-state index contributed by atoms with van der Waals surface area (Å²) in [5, 5.41) is 16.6. The first kappa shape index (κ1) is 19.2. The van der Waals surface area contributed by atoms with E-state index in [1.165, 1.54) is 4.88 Å². The van der Waals surface area contributed by atoms with Gasteiger partial charge in [0.1, 0.15) is 0 Å². The van der Waals surface area contributed by atoms with Gasteiger partial charge in [-0.05, 0) is 24.8 Å². The van der Waals surface area contributed by atoms with Crippen LogP contribution >= 0.6 is 11.3 Å². The average molecular weight is 415 g/mol. The minimum absolute atomic E-state index is 0.0393. The van der Waals surface area contributed by atoms with E-state index in [1.807, 2.05) is 11.4 Å². The first-order chi connectivity index (χ1) is 14.1. The molecule has 4 heterocycles. The number of hydrogen-bond donors (Lipinski definition) is 1. The van der Waals surface area contributed by atoms with Crippen molar-refractivity contribution in [3.05, 3.63) is 34.4 Å². The highest BCUT2D eigenvalue weighted by Gasteiger charge is 2.33. The third-order valence-electron chi connectivity index (χ3n) is 4.72. The van der Waals surface area contributed by atoms with Gasteiger partial charge in [0.15, 0.2) is 11.5 Å². The maximum Gasteiger partial charge on any atom is 0.280 e. The molecule has 0 radical (unpaired) electrons. The van der Waals surface area contributed by atoms with Gasteiger partial charge in [0.25, 0.3) is 5.89 Å². The van der Waals surface area contributed by atoms with E-state index in [9.17, 15) is 9.59 Å². The Balaban J connectivity index is 1.22. The van der Waals surface area contributed by atoms with Gasteiger partial charge in [-0.15, -0.1) is 16.4 Å². The molecule has 0 saturated carbocycles. The first-order valence-corrected chi connectivity index (χ1v) is 10.2. The van der Waals surface area contributed by atoms with Crippen LogP contribution in [-0.2, 0) is 22.6 Å². The molecule has 0 unspecified atom stereocenters. The molecule has 1 N–H and O–H groups in total. The molecule has 1 aliphatic heterocycles. The van der Waals surface area contributed by atoms with Gasteiger partial charge in [0.05, 0.1) is 18.7 Å². The highest BCUT2D eigenvalue weighted by atomic mass is 32.1. The number of nitrogens with one attached hydrogen (secondary N) is 1. The fourth-order valence-corrected chi connectivity index (χ4v) is 3.91. The van der Waals surface area contributed by atoms with Gasteiger partial charge in [0.2, 0.25) is 11.8 Å². The van der Waals surface area contributed by atoms with Crippen molar-refractivity contribution in [3.63, 3.8) is 0 Å². The predicted molar refractivity (Wildman–Crippen MR) is 104 cm³/mol. The summed E-state index contributed by atoms with van der Waals surface area (Å²) in [5.41, 5.74) is 0.486. The molecule has 152 valence electrons. The zero-order chi connectivity index (χ0) is 20.2. The van der Waals surface area contributed by atoms with Crippen molar-refractivity contribution in [1.29, 1.82) is 0 Å². The predicted octanol–water partition coefficient (Wildman–Crippen LogP) is 0.905. The lowest BCUT2D eigenvalue weighted by atomic mass is 10.1. The number of aromatic nitrogens is 5. The van der Waals surface area contributed by atoms with Crippen LogP contribution < -0.4 is 5.32 Å². The lowest BCUT2D eigenvalue weighted by Gasteiger charge is -2.16. The molecular weight excluding hydrogens is 394 g/mol. The Bertz CT molecular complexity index is 981. The van der Waals surface area contributed by atoms with E-state index >= 15 is 0 Å². The molecule has 3 aromatic heterocycles. The Morgan fingerprint density at radius 1 is 1.41 bits per heavy atom. The van der Waals surface area contributed by atoms with Gasteiger partial charge in [-0.1, -0.05) is 16.4 Å². The normalized spacial score (nSPS) is 16.5. The Morgan fingerprint density at radius 2 is 2.31 bits per heavy atom. The van der Waals surface area contributed by atoms with Crippen LogP contribution in [0.25, 0.3) is 11.6 Å². The molecule has 11 heteroatoms. The standard InChI is InChI=1S/C18H21N7O3S/c1-12-20-18(28-22-12)15-11-25(23-21-15)7-5-19-17(27)13-9-16(26)24(10-13)6-4-14-3-2-8-29-14/h2-3,8,11,13H,4-7,9-10H2,1H3,(H,19,27)/t13-/m1/s1. The van der Waals surface area contributed by atoms with Crippen LogP contribution in [0.4, 0.5) is 0 Å². The molecule has 1 saturated heterocycles. The largest absolute Gasteiger partial charge is 0.354 e. The number of aryl methyl sites for hydroxylation is 1. The molecule has 29 heavy (non-hydrogen) atoms. The Morgan fingerprint density at radius 3 is 3.07 bits per heavy atom. The molecule has 3 aromatic rings. The summed E-state index contributed by atoms with van der Waals surface area (Å²) in [6.45, 7) is 3.70. The lowest BCUT2D eigenvalue weighted by Crippen LogP contribution is -2.35. The minimum atomic E-state index is -0.307. The second kappa shape index (κ2) is 8.52. The minimum Gasteiger partial charge on any atom is -0.354 e. The van der Waals surface area contributed by atoms with E-state index in [-0.39, 0.29) is 24.2 Å². The summed E-state index contributed by atoms with van der Waals surface area (Å²) < 4.78 is 6.65. The molecule has 1 aliphatic rings. The maximum absolute atomic E-state index is 12.4. The molecule has 2 amide bonds. The van der Waals surface area contributed by atoms with Gasteiger partial charge >= 0.3 is 0 Å². The zero-order valence-corrected chi connectivity index (χ0v) is 16.8. The fraction of sp³-hybridized carbons (Fsp3) is 0.444. The third kappa shape index (κ3) is 4.67. The number of carbonyl (C=O) groups is 2. The van der Waals surface area contributed by atoms with Crippen LogP contribution in [-0.4, -0.2) is 61.5 Å². The van der Waals surface area contributed by atoms with Crippen LogP contribution in [0.1, 0.15) is 17.1 Å². The van der Waals surface area contributed by atoms with Gasteiger partial charge < -0.3 is 14.7 Å². The topological polar surface area (TPSA) is 119 Å². The molecule has 1 atom stereocenters. The van der Waals surface area contributed by atoms with E-state index < -0.39 is 0 Å². The molecule has 4 rings (SSSR count). The van der Waals surface area contributed by atoms with E-state index in [0.717, 1.165) is 6.42 Å². The van der Waals surface area contributed by atoms with Crippen molar-refractivity contribution in [2.24, 2.45) is 5.92 Å². The number of rotatable bonds is 8. The first-order valence-electron chi connectivity index (χ1n) is 9.37. The summed E-state index contributed by atoms with van der Waals surface area (Å²) >= 11 is 1.68. The van der Waals surface area contributed by atoms with Crippen LogP contribution in [0.2, 0.25) is 0 Å². The molecule has 1 fully saturated rings. The smallest absolute Gasteiger partial charge is 0.280 e. The molecule has 0 spiro atoms. The van der Waals surface area contributed by atoms with Crippen molar-refractivity contribution in [2.45, 2.75) is 26.3 Å². The van der Waals surface area contributed by atoms with Crippen LogP contribution in [0, 0.1) is 12.8 Å². The number of hydrogen-bond acceptors (Lipinski definition) is 8. The van der Waals surface area contributed by atoms with E-state index in [1.54, 1.807) is 34.0 Å². The van der Waals surface area contributed by atoms with E-state index in [4.69, 9.17) is 4.52 Å². The Labute approximate surface area is 170 Å². The number of carbonyl (C=O) groups excluding carboxylic acids is 2. The summed E-state index contributed by atoms with van der Waals surface area (Å²) in [7, 11) is 0. The summed E-state index contributed by atoms with van der Waals surface area (Å²) in [5.74, 6) is 0.461. The second-order valence-corrected chi connectivity index (χ2v) is 7.91. The van der Waals surface area contributed by atoms with Crippen LogP contribution in [0.5, 0.6) is 0 Å². The van der Waals surface area contributed by atoms with Crippen LogP contribution in [0.15, 0.2) is 28.2 Å². The van der Waals surface area contributed by atoms with Crippen molar-refractivity contribution in [2.75, 3.05) is 19.6 Å². The summed E-state index contributed by atoms with van der Waals surface area (Å²) in [4.78, 5) is 31.7. The van der Waals surface area contributed by atoms with E-state index in [2.05, 4.69) is 31.8 Å². The molecule has 0 aromatic carbocycles. The Kier molecular flexibility index (Phi) is 5.65. The summed E-state index contributed by atoms with van der Waals surface area (Å²) in [6.07, 6.45) is 2.77. The maximum atomic E-state index is 12.4. The van der Waals surface area contributed by atoms with Crippen LogP contribution in [0.3, 0.4) is 0 Å². The van der Waals surface area contributed by atoms with Crippen molar-refractivity contribution >= 4 is 23.2 Å². The summed E-state index contributed by atoms with van der Waals surface area (Å²) in [6, 6.07) is 4.06. The van der Waals surface area contributed by atoms with E-state index in [0.29, 0.717) is 43.6 Å². The highest BCUT2D eigenvalue weighted by Crippen LogP contribution is 2.19. The Hall–Kier alpha value is -3.08. The second-order valence-electron chi connectivity index (χ2n) is 6.87. The third-order valence-corrected chi connectivity index (χ3v) is 5.66.